The third kappa shape index (κ3) is 1.98. The number of hydrogen-bond acceptors (Lipinski definition) is 0. The molecule has 0 aromatic rings. The van der Waals surface area contributed by atoms with Gasteiger partial charge in [-0.2, -0.15) is 0 Å². The van der Waals surface area contributed by atoms with E-state index in [0.29, 0.717) is 5.96 Å². The SMILES string of the molecule is NC(N)=NC(N)=[NH+]C12CC3CC(CC(C3)C1)C2. The zero-order valence-electron chi connectivity index (χ0n) is 10.2. The molecule has 4 bridgehead atoms. The van der Waals surface area contributed by atoms with Crippen LogP contribution in [-0.2, 0) is 0 Å². The van der Waals surface area contributed by atoms with Crippen molar-refractivity contribution >= 4 is 11.9 Å². The normalized spacial score (nSPS) is 43.8. The molecule has 0 atom stereocenters. The number of aliphatic imine (C=N–C) groups is 1. The maximum absolute atomic E-state index is 5.85. The second kappa shape index (κ2) is 3.62. The topological polar surface area (TPSA) is 104 Å². The molecule has 0 unspecified atom stereocenters. The molecule has 17 heavy (non-hydrogen) atoms. The van der Waals surface area contributed by atoms with E-state index < -0.39 is 0 Å². The summed E-state index contributed by atoms with van der Waals surface area (Å²) >= 11 is 0. The lowest BCUT2D eigenvalue weighted by Crippen LogP contribution is -2.91. The number of nitrogens with zero attached hydrogens (tertiary/aromatic N) is 1. The van der Waals surface area contributed by atoms with Crippen molar-refractivity contribution < 1.29 is 4.99 Å². The molecule has 0 heterocycles. The van der Waals surface area contributed by atoms with Crippen LogP contribution in [0.15, 0.2) is 4.99 Å². The number of nitrogens with one attached hydrogen (secondary N) is 1. The van der Waals surface area contributed by atoms with Crippen LogP contribution in [0.3, 0.4) is 0 Å². The maximum Gasteiger partial charge on any atom is 0.386 e. The molecule has 0 amide bonds. The van der Waals surface area contributed by atoms with Gasteiger partial charge >= 0.3 is 5.96 Å². The summed E-state index contributed by atoms with van der Waals surface area (Å²) in [5.74, 6) is 3.08. The quantitative estimate of drug-likeness (QED) is 0.333. The Balaban J connectivity index is 1.85. The number of nitrogens with two attached hydrogens (primary N) is 3. The third-order valence-corrected chi connectivity index (χ3v) is 4.68. The van der Waals surface area contributed by atoms with Crippen molar-refractivity contribution in [3.8, 4) is 0 Å². The van der Waals surface area contributed by atoms with Gasteiger partial charge in [0.05, 0.1) is 5.54 Å². The first-order valence-corrected chi connectivity index (χ1v) is 6.55. The van der Waals surface area contributed by atoms with E-state index in [1.165, 1.54) is 38.5 Å². The molecule has 5 heteroatoms. The second-order valence-electron chi connectivity index (χ2n) is 6.24. The lowest BCUT2D eigenvalue weighted by molar-refractivity contribution is -0.576. The third-order valence-electron chi connectivity index (χ3n) is 4.68. The molecule has 4 aliphatic rings. The van der Waals surface area contributed by atoms with Gasteiger partial charge in [0.15, 0.2) is 0 Å². The summed E-state index contributed by atoms with van der Waals surface area (Å²) < 4.78 is 0. The summed E-state index contributed by atoms with van der Waals surface area (Å²) in [4.78, 5) is 7.31. The average Bonchev–Trinajstić information content (AvgIpc) is 2.11. The highest BCUT2D eigenvalue weighted by Crippen LogP contribution is 2.53. The molecule has 0 spiro atoms. The largest absolute Gasteiger partial charge is 0.386 e. The van der Waals surface area contributed by atoms with E-state index in [1.54, 1.807) is 0 Å². The minimum Gasteiger partial charge on any atom is -0.356 e. The van der Waals surface area contributed by atoms with Gasteiger partial charge in [-0.15, -0.1) is 0 Å². The highest BCUT2D eigenvalue weighted by Gasteiger charge is 2.52. The first kappa shape index (κ1) is 10.9. The Bertz CT molecular complexity index is 345. The molecule has 4 saturated carbocycles. The van der Waals surface area contributed by atoms with Crippen molar-refractivity contribution in [3.63, 3.8) is 0 Å². The number of guanidine groups is 2. The fourth-order valence-corrected chi connectivity index (χ4v) is 4.70. The highest BCUT2D eigenvalue weighted by atomic mass is 15.1. The van der Waals surface area contributed by atoms with Crippen LogP contribution in [0.4, 0.5) is 0 Å². The molecule has 0 saturated heterocycles. The standard InChI is InChI=1S/C12H21N5/c13-10(14)16-11(15)17-12-4-7-1-8(5-12)3-9(2-7)6-12/h7-9H,1-6H2,(H6,13,14,15,16,17)/p+1. The van der Waals surface area contributed by atoms with Crippen molar-refractivity contribution in [1.82, 2.24) is 0 Å². The van der Waals surface area contributed by atoms with E-state index >= 15 is 0 Å². The van der Waals surface area contributed by atoms with Crippen molar-refractivity contribution in [2.45, 2.75) is 44.1 Å². The summed E-state index contributed by atoms with van der Waals surface area (Å²) in [6, 6.07) is 0. The van der Waals surface area contributed by atoms with Gasteiger partial charge in [0.1, 0.15) is 0 Å². The minimum absolute atomic E-state index is 0.0275. The molecule has 5 nitrogen and oxygen atoms in total. The van der Waals surface area contributed by atoms with E-state index in [-0.39, 0.29) is 11.5 Å². The summed E-state index contributed by atoms with van der Waals surface area (Å²) in [5.41, 5.74) is 16.7. The molecular weight excluding hydrogens is 214 g/mol. The molecule has 4 rings (SSSR count). The fourth-order valence-electron chi connectivity index (χ4n) is 4.70. The lowest BCUT2D eigenvalue weighted by atomic mass is 9.53. The first-order valence-electron chi connectivity index (χ1n) is 6.55. The summed E-state index contributed by atoms with van der Waals surface area (Å²) in [5, 5.41) is 0. The van der Waals surface area contributed by atoms with Gasteiger partial charge < -0.3 is 11.5 Å². The Morgan fingerprint density at radius 3 is 1.82 bits per heavy atom. The second-order valence-corrected chi connectivity index (χ2v) is 6.24. The van der Waals surface area contributed by atoms with Gasteiger partial charge in [0, 0.05) is 0 Å². The predicted molar refractivity (Wildman–Crippen MR) is 66.9 cm³/mol. The van der Waals surface area contributed by atoms with Crippen LogP contribution in [0.2, 0.25) is 0 Å². The number of hydrogen-bond donors (Lipinski definition) is 4. The predicted octanol–water partition coefficient (Wildman–Crippen LogP) is -1.38. The van der Waals surface area contributed by atoms with Crippen LogP contribution in [0.25, 0.3) is 0 Å². The Labute approximate surface area is 102 Å². The van der Waals surface area contributed by atoms with Gasteiger partial charge in [-0.25, -0.2) is 0 Å². The Morgan fingerprint density at radius 2 is 1.41 bits per heavy atom. The minimum atomic E-state index is 0.0275. The molecule has 0 aromatic heterocycles. The van der Waals surface area contributed by atoms with Crippen molar-refractivity contribution in [3.05, 3.63) is 0 Å². The summed E-state index contributed by atoms with van der Waals surface area (Å²) in [7, 11) is 0. The molecule has 0 radical (unpaired) electrons. The van der Waals surface area contributed by atoms with Crippen LogP contribution >= 0.6 is 0 Å². The Morgan fingerprint density at radius 1 is 0.941 bits per heavy atom. The summed E-state index contributed by atoms with van der Waals surface area (Å²) in [6.45, 7) is 0. The van der Waals surface area contributed by atoms with Crippen LogP contribution in [0.5, 0.6) is 0 Å². The van der Waals surface area contributed by atoms with E-state index in [9.17, 15) is 0 Å². The van der Waals surface area contributed by atoms with Crippen molar-refractivity contribution in [2.24, 2.45) is 39.9 Å². The maximum atomic E-state index is 5.85. The molecule has 0 aromatic carbocycles. The number of rotatable bonds is 1. The van der Waals surface area contributed by atoms with Crippen LogP contribution in [0, 0.1) is 17.8 Å². The Kier molecular flexibility index (Phi) is 2.31. The fraction of sp³-hybridized carbons (Fsp3) is 0.833. The van der Waals surface area contributed by atoms with E-state index in [4.69, 9.17) is 17.2 Å². The van der Waals surface area contributed by atoms with Gasteiger partial charge in [0.2, 0.25) is 0 Å². The van der Waals surface area contributed by atoms with Crippen LogP contribution < -0.4 is 22.2 Å². The van der Waals surface area contributed by atoms with Crippen molar-refractivity contribution in [1.29, 1.82) is 0 Å². The summed E-state index contributed by atoms with van der Waals surface area (Å²) in [6.07, 6.45) is 7.97. The van der Waals surface area contributed by atoms with Crippen molar-refractivity contribution in [2.75, 3.05) is 0 Å². The first-order chi connectivity index (χ1) is 8.05. The lowest BCUT2D eigenvalue weighted by Gasteiger charge is -2.54. The molecular formula is C12H22N5+. The van der Waals surface area contributed by atoms with E-state index in [2.05, 4.69) is 9.98 Å². The molecule has 4 fully saturated rings. The van der Waals surface area contributed by atoms with Gasteiger partial charge in [-0.1, -0.05) is 0 Å². The zero-order valence-corrected chi connectivity index (χ0v) is 10.2. The van der Waals surface area contributed by atoms with Gasteiger partial charge in [-0.3, -0.25) is 10.7 Å². The Hall–Kier alpha value is -1.26. The molecule has 4 aliphatic carbocycles. The molecule has 94 valence electrons. The molecule has 0 aliphatic heterocycles. The van der Waals surface area contributed by atoms with Gasteiger partial charge in [0.25, 0.3) is 5.96 Å². The zero-order chi connectivity index (χ0) is 12.0. The smallest absolute Gasteiger partial charge is 0.356 e. The average molecular weight is 236 g/mol. The van der Waals surface area contributed by atoms with Crippen LogP contribution in [-0.4, -0.2) is 17.5 Å². The monoisotopic (exact) mass is 236 g/mol. The molecule has 7 N–H and O–H groups in total. The highest BCUT2D eigenvalue weighted by molar-refractivity contribution is 5.89. The van der Waals surface area contributed by atoms with Gasteiger partial charge in [-0.05, 0) is 61.3 Å². The van der Waals surface area contributed by atoms with E-state index in [1.807, 2.05) is 0 Å². The van der Waals surface area contributed by atoms with Crippen LogP contribution in [0.1, 0.15) is 38.5 Å². The van der Waals surface area contributed by atoms with E-state index in [0.717, 1.165) is 17.8 Å².